The van der Waals surface area contributed by atoms with Crippen LogP contribution >= 0.6 is 0 Å². The monoisotopic (exact) mass is 173 g/mol. The van der Waals surface area contributed by atoms with Crippen LogP contribution in [0.5, 0.6) is 0 Å². The van der Waals surface area contributed by atoms with Crippen molar-refractivity contribution in [1.82, 2.24) is 4.90 Å². The molecule has 1 amide bonds. The zero-order chi connectivity index (χ0) is 9.94. The van der Waals surface area contributed by atoms with Gasteiger partial charge in [0.15, 0.2) is 0 Å². The Kier molecular flexibility index (Phi) is 3.06. The van der Waals surface area contributed by atoms with Gasteiger partial charge in [-0.15, -0.1) is 0 Å². The summed E-state index contributed by atoms with van der Waals surface area (Å²) < 4.78 is 0. The second-order valence-electron chi connectivity index (χ2n) is 3.56. The number of rotatable bonds is 2. The van der Waals surface area contributed by atoms with E-state index in [1.54, 1.807) is 20.8 Å². The molecule has 0 aliphatic heterocycles. The summed E-state index contributed by atoms with van der Waals surface area (Å²) in [6, 6.07) is 0. The molecule has 0 aliphatic rings. The predicted molar refractivity (Wildman–Crippen MR) is 46.4 cm³/mol. The van der Waals surface area contributed by atoms with E-state index in [2.05, 4.69) is 0 Å². The third kappa shape index (κ3) is 3.23. The van der Waals surface area contributed by atoms with Crippen LogP contribution in [0.3, 0.4) is 0 Å². The molecule has 0 aromatic heterocycles. The number of amidine groups is 1. The van der Waals surface area contributed by atoms with Gasteiger partial charge in [-0.3, -0.25) is 10.3 Å². The molecule has 0 aliphatic carbocycles. The number of amides is 1. The Morgan fingerprint density at radius 1 is 1.58 bits per heavy atom. The molecular formula is C7H15N3O2. The van der Waals surface area contributed by atoms with Gasteiger partial charge in [-0.05, 0) is 20.8 Å². The van der Waals surface area contributed by atoms with E-state index < -0.39 is 11.6 Å². The van der Waals surface area contributed by atoms with Crippen molar-refractivity contribution in [3.05, 3.63) is 0 Å². The van der Waals surface area contributed by atoms with Crippen molar-refractivity contribution < 1.29 is 9.90 Å². The summed E-state index contributed by atoms with van der Waals surface area (Å²) >= 11 is 0. The van der Waals surface area contributed by atoms with E-state index in [0.717, 1.165) is 4.90 Å². The third-order valence-electron chi connectivity index (χ3n) is 1.37. The molecule has 0 atom stereocenters. The fourth-order valence-corrected chi connectivity index (χ4v) is 0.762. The maximum absolute atomic E-state index is 10.7. The van der Waals surface area contributed by atoms with Crippen molar-refractivity contribution >= 4 is 11.9 Å². The van der Waals surface area contributed by atoms with Gasteiger partial charge in [0.05, 0.1) is 6.54 Å². The van der Waals surface area contributed by atoms with Crippen LogP contribution in [0.15, 0.2) is 0 Å². The topological polar surface area (TPSA) is 90.4 Å². The van der Waals surface area contributed by atoms with Gasteiger partial charge in [-0.25, -0.2) is 4.79 Å². The number of carbonyl (C=O) groups is 1. The summed E-state index contributed by atoms with van der Waals surface area (Å²) in [5, 5.41) is 15.7. The van der Waals surface area contributed by atoms with E-state index in [9.17, 15) is 4.79 Å². The Labute approximate surface area is 71.7 Å². The SMILES string of the molecule is CC(C)(C)N(CC(=N)N)C(=O)O. The highest BCUT2D eigenvalue weighted by Crippen LogP contribution is 2.12. The highest BCUT2D eigenvalue weighted by Gasteiger charge is 2.26. The largest absolute Gasteiger partial charge is 0.465 e. The van der Waals surface area contributed by atoms with E-state index in [4.69, 9.17) is 16.2 Å². The number of nitrogens with zero attached hydrogens (tertiary/aromatic N) is 1. The second-order valence-corrected chi connectivity index (χ2v) is 3.56. The third-order valence-corrected chi connectivity index (χ3v) is 1.37. The molecule has 0 radical (unpaired) electrons. The number of hydrogen-bond acceptors (Lipinski definition) is 2. The zero-order valence-electron chi connectivity index (χ0n) is 7.59. The van der Waals surface area contributed by atoms with Gasteiger partial charge in [0.25, 0.3) is 0 Å². The van der Waals surface area contributed by atoms with Crippen molar-refractivity contribution in [2.45, 2.75) is 26.3 Å². The molecule has 0 aromatic carbocycles. The summed E-state index contributed by atoms with van der Waals surface area (Å²) in [4.78, 5) is 11.8. The molecule has 0 unspecified atom stereocenters. The normalized spacial score (nSPS) is 10.9. The lowest BCUT2D eigenvalue weighted by molar-refractivity contribution is 0.111. The molecule has 0 rings (SSSR count). The first-order valence-corrected chi connectivity index (χ1v) is 3.58. The van der Waals surface area contributed by atoms with Crippen molar-refractivity contribution in [2.24, 2.45) is 5.73 Å². The highest BCUT2D eigenvalue weighted by molar-refractivity contribution is 5.82. The highest BCUT2D eigenvalue weighted by atomic mass is 16.4. The molecule has 0 saturated carbocycles. The Morgan fingerprint density at radius 2 is 2.00 bits per heavy atom. The fraction of sp³-hybridized carbons (Fsp3) is 0.714. The van der Waals surface area contributed by atoms with Crippen LogP contribution in [-0.4, -0.2) is 34.0 Å². The van der Waals surface area contributed by atoms with E-state index in [0.29, 0.717) is 0 Å². The molecule has 4 N–H and O–H groups in total. The molecule has 0 bridgehead atoms. The minimum atomic E-state index is -1.06. The van der Waals surface area contributed by atoms with Crippen LogP contribution in [0, 0.1) is 5.41 Å². The van der Waals surface area contributed by atoms with Gasteiger partial charge < -0.3 is 10.8 Å². The average Bonchev–Trinajstić information content (AvgIpc) is 1.79. The second kappa shape index (κ2) is 3.42. The van der Waals surface area contributed by atoms with Crippen LogP contribution in [0.2, 0.25) is 0 Å². The maximum Gasteiger partial charge on any atom is 0.408 e. The molecule has 0 spiro atoms. The number of nitrogens with two attached hydrogens (primary N) is 1. The van der Waals surface area contributed by atoms with E-state index >= 15 is 0 Å². The minimum absolute atomic E-state index is 0.0428. The first kappa shape index (κ1) is 10.7. The van der Waals surface area contributed by atoms with E-state index in [1.165, 1.54) is 0 Å². The summed E-state index contributed by atoms with van der Waals surface area (Å²) in [5.74, 6) is -0.146. The van der Waals surface area contributed by atoms with Crippen LogP contribution in [-0.2, 0) is 0 Å². The van der Waals surface area contributed by atoms with Crippen molar-refractivity contribution in [1.29, 1.82) is 5.41 Å². The Morgan fingerprint density at radius 3 is 2.08 bits per heavy atom. The van der Waals surface area contributed by atoms with Crippen molar-refractivity contribution in [2.75, 3.05) is 6.54 Å². The van der Waals surface area contributed by atoms with Gasteiger partial charge in [0.2, 0.25) is 0 Å². The number of nitrogens with one attached hydrogen (secondary N) is 1. The molecular weight excluding hydrogens is 158 g/mol. The van der Waals surface area contributed by atoms with Gasteiger partial charge in [-0.1, -0.05) is 0 Å². The van der Waals surface area contributed by atoms with Crippen LogP contribution in [0.25, 0.3) is 0 Å². The lowest BCUT2D eigenvalue weighted by Gasteiger charge is -2.32. The first-order valence-electron chi connectivity index (χ1n) is 3.58. The van der Waals surface area contributed by atoms with Gasteiger partial charge in [0.1, 0.15) is 5.84 Å². The molecule has 12 heavy (non-hydrogen) atoms. The summed E-state index contributed by atoms with van der Waals surface area (Å²) in [5.41, 5.74) is 4.59. The summed E-state index contributed by atoms with van der Waals surface area (Å²) in [6.07, 6.45) is -1.06. The van der Waals surface area contributed by atoms with Crippen LogP contribution in [0.1, 0.15) is 20.8 Å². The summed E-state index contributed by atoms with van der Waals surface area (Å²) in [7, 11) is 0. The van der Waals surface area contributed by atoms with Crippen molar-refractivity contribution in [3.63, 3.8) is 0 Å². The number of hydrogen-bond donors (Lipinski definition) is 3. The van der Waals surface area contributed by atoms with Crippen LogP contribution < -0.4 is 5.73 Å². The molecule has 70 valence electrons. The van der Waals surface area contributed by atoms with E-state index in [1.807, 2.05) is 0 Å². The maximum atomic E-state index is 10.7. The van der Waals surface area contributed by atoms with Gasteiger partial charge in [0, 0.05) is 5.54 Å². The van der Waals surface area contributed by atoms with Gasteiger partial charge in [-0.2, -0.15) is 0 Å². The van der Waals surface area contributed by atoms with E-state index in [-0.39, 0.29) is 12.4 Å². The zero-order valence-corrected chi connectivity index (χ0v) is 7.59. The average molecular weight is 173 g/mol. The van der Waals surface area contributed by atoms with Gasteiger partial charge >= 0.3 is 6.09 Å². The smallest absolute Gasteiger partial charge is 0.408 e. The molecule has 5 nitrogen and oxygen atoms in total. The molecule has 0 saturated heterocycles. The van der Waals surface area contributed by atoms with Crippen LogP contribution in [0.4, 0.5) is 4.79 Å². The van der Waals surface area contributed by atoms with Crippen molar-refractivity contribution in [3.8, 4) is 0 Å². The Bertz CT molecular complexity index is 195. The predicted octanol–water partition coefficient (Wildman–Crippen LogP) is 0.701. The standard InChI is InChI=1S/C7H15N3O2/c1-7(2,3)10(6(11)12)4-5(8)9/h4H2,1-3H3,(H3,8,9)(H,11,12). The summed E-state index contributed by atoms with van der Waals surface area (Å²) in [6.45, 7) is 5.22. The lowest BCUT2D eigenvalue weighted by atomic mass is 10.1. The molecule has 5 heteroatoms. The fourth-order valence-electron chi connectivity index (χ4n) is 0.762. The quantitative estimate of drug-likeness (QED) is 0.424. The lowest BCUT2D eigenvalue weighted by Crippen LogP contribution is -2.48. The first-order chi connectivity index (χ1) is 5.25. The molecule has 0 heterocycles. The molecule has 0 aromatic rings. The minimum Gasteiger partial charge on any atom is -0.465 e. The molecule has 0 fully saturated rings. The Hall–Kier alpha value is -1.26. The Balaban J connectivity index is 4.46. The number of carboxylic acid groups (broad SMARTS) is 1.